The van der Waals surface area contributed by atoms with Gasteiger partial charge in [0.2, 0.25) is 0 Å². The largest absolute Gasteiger partial charge is 0.345 e. The summed E-state index contributed by atoms with van der Waals surface area (Å²) in [7, 11) is 0. The van der Waals surface area contributed by atoms with E-state index in [-0.39, 0.29) is 6.04 Å². The van der Waals surface area contributed by atoms with Gasteiger partial charge in [0, 0.05) is 6.04 Å². The van der Waals surface area contributed by atoms with Crippen LogP contribution in [0.25, 0.3) is 11.0 Å². The number of hydrogen-bond acceptors (Lipinski definition) is 3. The molecule has 17 heavy (non-hydrogen) atoms. The van der Waals surface area contributed by atoms with Crippen molar-refractivity contribution in [3.8, 4) is 0 Å². The number of aromatic amines is 1. The summed E-state index contributed by atoms with van der Waals surface area (Å²) in [6.45, 7) is 2.25. The van der Waals surface area contributed by atoms with Crippen LogP contribution in [-0.4, -0.2) is 23.1 Å². The van der Waals surface area contributed by atoms with Gasteiger partial charge >= 0.3 is 0 Å². The number of benzene rings is 1. The van der Waals surface area contributed by atoms with Crippen LogP contribution in [0.4, 0.5) is 0 Å². The molecule has 1 saturated heterocycles. The Bertz CT molecular complexity index is 499. The Morgan fingerprint density at radius 1 is 1.47 bits per heavy atom. The molecule has 1 aromatic heterocycles. The van der Waals surface area contributed by atoms with E-state index in [1.165, 1.54) is 12.0 Å². The van der Waals surface area contributed by atoms with E-state index in [4.69, 9.17) is 5.73 Å². The highest BCUT2D eigenvalue weighted by atomic mass is 14.9. The van der Waals surface area contributed by atoms with Crippen molar-refractivity contribution in [2.24, 2.45) is 11.7 Å². The highest BCUT2D eigenvalue weighted by molar-refractivity contribution is 5.75. The van der Waals surface area contributed by atoms with Crippen LogP contribution in [0.15, 0.2) is 24.5 Å². The Hall–Kier alpha value is -1.39. The lowest BCUT2D eigenvalue weighted by Crippen LogP contribution is -2.17. The zero-order chi connectivity index (χ0) is 11.7. The molecule has 0 amide bonds. The summed E-state index contributed by atoms with van der Waals surface area (Å²) < 4.78 is 0. The molecule has 1 fully saturated rings. The number of rotatable bonds is 3. The second-order valence-corrected chi connectivity index (χ2v) is 4.88. The zero-order valence-corrected chi connectivity index (χ0v) is 9.82. The van der Waals surface area contributed by atoms with Gasteiger partial charge in [0.25, 0.3) is 0 Å². The highest BCUT2D eigenvalue weighted by Gasteiger charge is 2.18. The van der Waals surface area contributed by atoms with Gasteiger partial charge in [-0.25, -0.2) is 4.98 Å². The molecule has 90 valence electrons. The van der Waals surface area contributed by atoms with Crippen molar-refractivity contribution in [3.05, 3.63) is 30.1 Å². The quantitative estimate of drug-likeness (QED) is 0.749. The molecule has 0 radical (unpaired) electrons. The standard InChI is InChI=1S/C13H18N4/c14-11(5-9-3-4-15-7-9)10-1-2-12-13(6-10)17-8-16-12/h1-2,6,8-9,11,15H,3-5,7,14H2,(H,16,17). The number of hydrogen-bond donors (Lipinski definition) is 3. The third-order valence-electron chi connectivity index (χ3n) is 3.62. The van der Waals surface area contributed by atoms with E-state index in [0.717, 1.165) is 36.5 Å². The first-order valence-electron chi connectivity index (χ1n) is 6.22. The smallest absolute Gasteiger partial charge is 0.0931 e. The van der Waals surface area contributed by atoms with Gasteiger partial charge in [-0.15, -0.1) is 0 Å². The number of nitrogens with one attached hydrogen (secondary N) is 2. The van der Waals surface area contributed by atoms with E-state index in [2.05, 4.69) is 27.4 Å². The van der Waals surface area contributed by atoms with Crippen LogP contribution in [0, 0.1) is 5.92 Å². The average Bonchev–Trinajstić information content (AvgIpc) is 2.97. The highest BCUT2D eigenvalue weighted by Crippen LogP contribution is 2.24. The maximum absolute atomic E-state index is 6.27. The predicted molar refractivity (Wildman–Crippen MR) is 68.6 cm³/mol. The van der Waals surface area contributed by atoms with Crippen LogP contribution >= 0.6 is 0 Å². The molecule has 4 heteroatoms. The summed E-state index contributed by atoms with van der Waals surface area (Å²) in [5.41, 5.74) is 9.55. The summed E-state index contributed by atoms with van der Waals surface area (Å²) in [4.78, 5) is 7.35. The molecular weight excluding hydrogens is 212 g/mol. The first-order valence-corrected chi connectivity index (χ1v) is 6.22. The van der Waals surface area contributed by atoms with E-state index in [9.17, 15) is 0 Å². The lowest BCUT2D eigenvalue weighted by atomic mass is 9.94. The molecule has 0 saturated carbocycles. The summed E-state index contributed by atoms with van der Waals surface area (Å²) in [5, 5.41) is 3.38. The number of imidazole rings is 1. The number of nitrogens with zero attached hydrogens (tertiary/aromatic N) is 1. The molecule has 4 N–H and O–H groups in total. The van der Waals surface area contributed by atoms with Gasteiger partial charge in [0.05, 0.1) is 17.4 Å². The van der Waals surface area contributed by atoms with Crippen LogP contribution in [0.5, 0.6) is 0 Å². The van der Waals surface area contributed by atoms with E-state index >= 15 is 0 Å². The molecule has 2 heterocycles. The summed E-state index contributed by atoms with van der Waals surface area (Å²) >= 11 is 0. The fourth-order valence-electron chi connectivity index (χ4n) is 2.59. The first-order chi connectivity index (χ1) is 8.33. The SMILES string of the molecule is NC(CC1CCNC1)c1ccc2nc[nH]c2c1. The van der Waals surface area contributed by atoms with Gasteiger partial charge in [-0.3, -0.25) is 0 Å². The molecule has 1 aromatic carbocycles. The molecule has 0 spiro atoms. The van der Waals surface area contributed by atoms with Crippen molar-refractivity contribution in [1.29, 1.82) is 0 Å². The minimum absolute atomic E-state index is 0.132. The predicted octanol–water partition coefficient (Wildman–Crippen LogP) is 1.56. The van der Waals surface area contributed by atoms with Crippen LogP contribution < -0.4 is 11.1 Å². The lowest BCUT2D eigenvalue weighted by Gasteiger charge is -2.16. The summed E-state index contributed by atoms with van der Waals surface area (Å²) in [6, 6.07) is 6.38. The van der Waals surface area contributed by atoms with Crippen molar-refractivity contribution in [1.82, 2.24) is 15.3 Å². The molecule has 2 aromatic rings. The Morgan fingerprint density at radius 3 is 3.24 bits per heavy atom. The van der Waals surface area contributed by atoms with Crippen LogP contribution in [-0.2, 0) is 0 Å². The third-order valence-corrected chi connectivity index (χ3v) is 3.62. The number of H-pyrrole nitrogens is 1. The lowest BCUT2D eigenvalue weighted by molar-refractivity contribution is 0.473. The monoisotopic (exact) mass is 230 g/mol. The maximum atomic E-state index is 6.27. The molecule has 3 rings (SSSR count). The van der Waals surface area contributed by atoms with Crippen molar-refractivity contribution in [3.63, 3.8) is 0 Å². The Morgan fingerprint density at radius 2 is 2.41 bits per heavy atom. The minimum atomic E-state index is 0.132. The van der Waals surface area contributed by atoms with Crippen molar-refractivity contribution in [2.75, 3.05) is 13.1 Å². The molecular formula is C13H18N4. The molecule has 0 aliphatic carbocycles. The van der Waals surface area contributed by atoms with Crippen molar-refractivity contribution < 1.29 is 0 Å². The first kappa shape index (κ1) is 10.7. The number of fused-ring (bicyclic) bond motifs is 1. The molecule has 2 unspecified atom stereocenters. The van der Waals surface area contributed by atoms with E-state index in [0.29, 0.717) is 0 Å². The molecule has 4 nitrogen and oxygen atoms in total. The van der Waals surface area contributed by atoms with Crippen molar-refractivity contribution in [2.45, 2.75) is 18.9 Å². The fourth-order valence-corrected chi connectivity index (χ4v) is 2.59. The molecule has 0 bridgehead atoms. The van der Waals surface area contributed by atoms with Gasteiger partial charge < -0.3 is 16.0 Å². The van der Waals surface area contributed by atoms with Gasteiger partial charge in [-0.05, 0) is 49.5 Å². The van der Waals surface area contributed by atoms with E-state index < -0.39 is 0 Å². The normalized spacial score (nSPS) is 22.1. The summed E-state index contributed by atoms with van der Waals surface area (Å²) in [6.07, 6.45) is 4.04. The van der Waals surface area contributed by atoms with Gasteiger partial charge in [0.15, 0.2) is 0 Å². The van der Waals surface area contributed by atoms with Crippen LogP contribution in [0.2, 0.25) is 0 Å². The second-order valence-electron chi connectivity index (χ2n) is 4.88. The fraction of sp³-hybridized carbons (Fsp3) is 0.462. The molecule has 2 atom stereocenters. The summed E-state index contributed by atoms with van der Waals surface area (Å²) in [5.74, 6) is 0.725. The third kappa shape index (κ3) is 2.18. The van der Waals surface area contributed by atoms with E-state index in [1.54, 1.807) is 6.33 Å². The van der Waals surface area contributed by atoms with Gasteiger partial charge in [-0.1, -0.05) is 6.07 Å². The Kier molecular flexibility index (Phi) is 2.82. The average molecular weight is 230 g/mol. The number of aromatic nitrogens is 2. The Labute approximate surface area is 101 Å². The molecule has 1 aliphatic rings. The Balaban J connectivity index is 1.77. The second kappa shape index (κ2) is 4.47. The molecule has 1 aliphatic heterocycles. The maximum Gasteiger partial charge on any atom is 0.0931 e. The van der Waals surface area contributed by atoms with Gasteiger partial charge in [0.1, 0.15) is 0 Å². The zero-order valence-electron chi connectivity index (χ0n) is 9.82. The van der Waals surface area contributed by atoms with E-state index in [1.807, 2.05) is 6.07 Å². The van der Waals surface area contributed by atoms with Gasteiger partial charge in [-0.2, -0.15) is 0 Å². The topological polar surface area (TPSA) is 66.7 Å². The minimum Gasteiger partial charge on any atom is -0.345 e. The van der Waals surface area contributed by atoms with Crippen LogP contribution in [0.3, 0.4) is 0 Å². The van der Waals surface area contributed by atoms with Crippen molar-refractivity contribution >= 4 is 11.0 Å². The number of nitrogens with two attached hydrogens (primary N) is 1. The van der Waals surface area contributed by atoms with Crippen LogP contribution in [0.1, 0.15) is 24.4 Å².